The van der Waals surface area contributed by atoms with Crippen molar-refractivity contribution in [1.82, 2.24) is 4.90 Å². The standard InChI is InChI=1S/C9H10BrNO3S2/c1-16(13,14)7-3-11(4-7)9(12)8-2-6(10)5-15-8/h2,5,7H,3-4H2,1H3. The molecule has 1 amide bonds. The van der Waals surface area contributed by atoms with Crippen LogP contribution >= 0.6 is 27.3 Å². The highest BCUT2D eigenvalue weighted by molar-refractivity contribution is 9.10. The number of likely N-dealkylation sites (tertiary alicyclic amines) is 1. The molecule has 0 radical (unpaired) electrons. The van der Waals surface area contributed by atoms with Crippen LogP contribution in [0, 0.1) is 0 Å². The highest BCUT2D eigenvalue weighted by atomic mass is 79.9. The molecule has 1 saturated heterocycles. The number of hydrogen-bond donors (Lipinski definition) is 0. The van der Waals surface area contributed by atoms with Crippen molar-refractivity contribution in [2.75, 3.05) is 19.3 Å². The van der Waals surface area contributed by atoms with E-state index in [2.05, 4.69) is 15.9 Å². The summed E-state index contributed by atoms with van der Waals surface area (Å²) in [6.45, 7) is 0.625. The Morgan fingerprint density at radius 3 is 2.62 bits per heavy atom. The van der Waals surface area contributed by atoms with Crippen LogP contribution in [-0.4, -0.2) is 43.8 Å². The minimum Gasteiger partial charge on any atom is -0.335 e. The van der Waals surface area contributed by atoms with E-state index >= 15 is 0 Å². The molecule has 4 nitrogen and oxygen atoms in total. The largest absolute Gasteiger partial charge is 0.335 e. The average Bonchev–Trinajstić information content (AvgIpc) is 2.45. The lowest BCUT2D eigenvalue weighted by Crippen LogP contribution is -2.56. The second-order valence-corrected chi connectivity index (χ2v) is 7.94. The summed E-state index contributed by atoms with van der Waals surface area (Å²) in [5.41, 5.74) is 0. The van der Waals surface area contributed by atoms with Crippen molar-refractivity contribution in [2.24, 2.45) is 0 Å². The molecule has 7 heteroatoms. The molecule has 0 aromatic carbocycles. The topological polar surface area (TPSA) is 54.5 Å². The normalized spacial score (nSPS) is 17.2. The van der Waals surface area contributed by atoms with Gasteiger partial charge in [-0.25, -0.2) is 8.42 Å². The van der Waals surface area contributed by atoms with E-state index in [9.17, 15) is 13.2 Å². The van der Waals surface area contributed by atoms with E-state index in [0.29, 0.717) is 18.0 Å². The van der Waals surface area contributed by atoms with Gasteiger partial charge in [0, 0.05) is 29.2 Å². The molecule has 2 heterocycles. The van der Waals surface area contributed by atoms with Gasteiger partial charge >= 0.3 is 0 Å². The Kier molecular flexibility index (Phi) is 3.11. The first-order chi connectivity index (χ1) is 7.38. The Hall–Kier alpha value is -0.400. The van der Waals surface area contributed by atoms with Crippen molar-refractivity contribution in [3.63, 3.8) is 0 Å². The van der Waals surface area contributed by atoms with E-state index in [4.69, 9.17) is 0 Å². The molecule has 1 aliphatic heterocycles. The van der Waals surface area contributed by atoms with Crippen molar-refractivity contribution in [3.8, 4) is 0 Å². The fourth-order valence-electron chi connectivity index (χ4n) is 1.46. The second kappa shape index (κ2) is 4.12. The van der Waals surface area contributed by atoms with Crippen LogP contribution in [0.4, 0.5) is 0 Å². The van der Waals surface area contributed by atoms with Gasteiger partial charge in [-0.15, -0.1) is 11.3 Å². The van der Waals surface area contributed by atoms with Crippen LogP contribution in [-0.2, 0) is 9.84 Å². The van der Waals surface area contributed by atoms with Gasteiger partial charge in [0.05, 0.1) is 10.1 Å². The molecule has 0 N–H and O–H groups in total. The quantitative estimate of drug-likeness (QED) is 0.826. The maximum atomic E-state index is 11.8. The summed E-state index contributed by atoms with van der Waals surface area (Å²) in [7, 11) is -3.01. The van der Waals surface area contributed by atoms with E-state index in [1.165, 1.54) is 17.6 Å². The molecule has 16 heavy (non-hydrogen) atoms. The molecule has 1 aromatic rings. The van der Waals surface area contributed by atoms with Gasteiger partial charge in [0.1, 0.15) is 0 Å². The summed E-state index contributed by atoms with van der Waals surface area (Å²) in [6, 6.07) is 1.75. The molecular formula is C9H10BrNO3S2. The summed E-state index contributed by atoms with van der Waals surface area (Å²) < 4.78 is 23.2. The van der Waals surface area contributed by atoms with Gasteiger partial charge in [0.25, 0.3) is 5.91 Å². The van der Waals surface area contributed by atoms with Crippen molar-refractivity contribution in [3.05, 3.63) is 20.8 Å². The molecule has 1 fully saturated rings. The molecule has 0 atom stereocenters. The highest BCUT2D eigenvalue weighted by Gasteiger charge is 2.37. The van der Waals surface area contributed by atoms with Crippen LogP contribution in [0.3, 0.4) is 0 Å². The predicted octanol–water partition coefficient (Wildman–Crippen LogP) is 1.38. The zero-order valence-corrected chi connectivity index (χ0v) is 11.7. The first-order valence-electron chi connectivity index (χ1n) is 4.60. The van der Waals surface area contributed by atoms with Gasteiger partial charge in [-0.2, -0.15) is 0 Å². The first kappa shape index (κ1) is 12.1. The molecule has 2 rings (SSSR count). The van der Waals surface area contributed by atoms with Crippen LogP contribution in [0.1, 0.15) is 9.67 Å². The lowest BCUT2D eigenvalue weighted by Gasteiger charge is -2.37. The number of rotatable bonds is 2. The maximum absolute atomic E-state index is 11.8. The van der Waals surface area contributed by atoms with Crippen molar-refractivity contribution in [2.45, 2.75) is 5.25 Å². The summed E-state index contributed by atoms with van der Waals surface area (Å²) >= 11 is 4.63. The molecule has 1 aromatic heterocycles. The number of amides is 1. The first-order valence-corrected chi connectivity index (χ1v) is 8.23. The Bertz CT molecular complexity index is 517. The predicted molar refractivity (Wildman–Crippen MR) is 66.6 cm³/mol. The van der Waals surface area contributed by atoms with Crippen LogP contribution in [0.5, 0.6) is 0 Å². The van der Waals surface area contributed by atoms with Crippen LogP contribution < -0.4 is 0 Å². The lowest BCUT2D eigenvalue weighted by atomic mass is 10.2. The molecule has 0 bridgehead atoms. The van der Waals surface area contributed by atoms with Crippen molar-refractivity contribution in [1.29, 1.82) is 0 Å². The molecule has 0 aliphatic carbocycles. The van der Waals surface area contributed by atoms with E-state index in [-0.39, 0.29) is 11.2 Å². The van der Waals surface area contributed by atoms with Gasteiger partial charge in [-0.1, -0.05) is 0 Å². The third kappa shape index (κ3) is 2.31. The Morgan fingerprint density at radius 2 is 2.19 bits per heavy atom. The number of carbonyl (C=O) groups is 1. The number of carbonyl (C=O) groups excluding carboxylic acids is 1. The molecule has 1 aliphatic rings. The van der Waals surface area contributed by atoms with Crippen molar-refractivity contribution < 1.29 is 13.2 Å². The summed E-state index contributed by atoms with van der Waals surface area (Å²) in [4.78, 5) is 14.0. The van der Waals surface area contributed by atoms with Gasteiger partial charge in [0.2, 0.25) is 0 Å². The van der Waals surface area contributed by atoms with Gasteiger partial charge in [-0.3, -0.25) is 4.79 Å². The fourth-order valence-corrected chi connectivity index (χ4v) is 3.75. The molecule has 0 unspecified atom stereocenters. The van der Waals surface area contributed by atoms with Crippen LogP contribution in [0.2, 0.25) is 0 Å². The number of sulfone groups is 1. The van der Waals surface area contributed by atoms with Crippen LogP contribution in [0.15, 0.2) is 15.9 Å². The zero-order chi connectivity index (χ0) is 11.9. The van der Waals surface area contributed by atoms with Crippen molar-refractivity contribution >= 4 is 43.0 Å². The fraction of sp³-hybridized carbons (Fsp3) is 0.444. The SMILES string of the molecule is CS(=O)(=O)C1CN(C(=O)c2cc(Br)cs2)C1. The number of nitrogens with zero attached hydrogens (tertiary/aromatic N) is 1. The third-order valence-electron chi connectivity index (χ3n) is 2.52. The molecule has 0 saturated carbocycles. The Morgan fingerprint density at radius 1 is 1.56 bits per heavy atom. The molecule has 88 valence electrons. The van der Waals surface area contributed by atoms with E-state index in [1.807, 2.05) is 5.38 Å². The van der Waals surface area contributed by atoms with E-state index in [0.717, 1.165) is 4.47 Å². The molecular weight excluding hydrogens is 314 g/mol. The summed E-state index contributed by atoms with van der Waals surface area (Å²) in [5, 5.41) is 1.45. The molecule has 0 spiro atoms. The number of thiophene rings is 1. The Balaban J connectivity index is 2.01. The highest BCUT2D eigenvalue weighted by Crippen LogP contribution is 2.24. The van der Waals surface area contributed by atoms with Gasteiger partial charge in [-0.05, 0) is 22.0 Å². The minimum atomic E-state index is -3.01. The van der Waals surface area contributed by atoms with E-state index < -0.39 is 9.84 Å². The van der Waals surface area contributed by atoms with Gasteiger partial charge < -0.3 is 4.90 Å². The lowest BCUT2D eigenvalue weighted by molar-refractivity contribution is 0.0664. The Labute approximate surface area is 106 Å². The smallest absolute Gasteiger partial charge is 0.264 e. The monoisotopic (exact) mass is 323 g/mol. The number of halogens is 1. The number of hydrogen-bond acceptors (Lipinski definition) is 4. The van der Waals surface area contributed by atoms with Crippen LogP contribution in [0.25, 0.3) is 0 Å². The van der Waals surface area contributed by atoms with E-state index in [1.54, 1.807) is 11.0 Å². The average molecular weight is 324 g/mol. The summed E-state index contributed by atoms with van der Waals surface area (Å²) in [5.74, 6) is -0.0874. The maximum Gasteiger partial charge on any atom is 0.264 e. The summed E-state index contributed by atoms with van der Waals surface area (Å²) in [6.07, 6.45) is 1.21. The zero-order valence-electron chi connectivity index (χ0n) is 8.51. The second-order valence-electron chi connectivity index (χ2n) is 3.79. The minimum absolute atomic E-state index is 0.0874. The third-order valence-corrected chi connectivity index (χ3v) is 5.71. The van der Waals surface area contributed by atoms with Gasteiger partial charge in [0.15, 0.2) is 9.84 Å².